The van der Waals surface area contributed by atoms with Gasteiger partial charge in [-0.3, -0.25) is 4.90 Å². The Kier molecular flexibility index (Phi) is 2.82. The molecule has 15 heavy (non-hydrogen) atoms. The van der Waals surface area contributed by atoms with E-state index in [0.29, 0.717) is 11.5 Å². The second-order valence-corrected chi connectivity index (χ2v) is 5.76. The lowest BCUT2D eigenvalue weighted by Gasteiger charge is -2.33. The summed E-state index contributed by atoms with van der Waals surface area (Å²) in [5, 5.41) is 0. The number of likely N-dealkylation sites (tertiary alicyclic amines) is 1. The van der Waals surface area contributed by atoms with Crippen molar-refractivity contribution in [2.75, 3.05) is 26.3 Å². The number of ether oxygens (including phenoxy) is 2. The molecular weight excluding hydrogens is 190 g/mol. The highest BCUT2D eigenvalue weighted by molar-refractivity contribution is 4.98. The van der Waals surface area contributed by atoms with E-state index in [4.69, 9.17) is 9.47 Å². The summed E-state index contributed by atoms with van der Waals surface area (Å²) in [5.41, 5.74) is 0.300. The van der Waals surface area contributed by atoms with Crippen LogP contribution in [0.25, 0.3) is 0 Å². The van der Waals surface area contributed by atoms with Crippen molar-refractivity contribution in [3.63, 3.8) is 0 Å². The second-order valence-electron chi connectivity index (χ2n) is 5.76. The van der Waals surface area contributed by atoms with E-state index in [1.54, 1.807) is 0 Å². The van der Waals surface area contributed by atoms with E-state index in [2.05, 4.69) is 32.6 Å². The molecule has 2 aliphatic rings. The Morgan fingerprint density at radius 2 is 1.87 bits per heavy atom. The average Bonchev–Trinajstić information content (AvgIpc) is 2.73. The molecule has 2 saturated heterocycles. The highest BCUT2D eigenvalue weighted by atomic mass is 16.7. The quantitative estimate of drug-likeness (QED) is 0.663. The minimum absolute atomic E-state index is 0.284. The molecule has 0 saturated carbocycles. The van der Waals surface area contributed by atoms with Gasteiger partial charge in [0.25, 0.3) is 0 Å². The van der Waals surface area contributed by atoms with E-state index in [-0.39, 0.29) is 5.79 Å². The van der Waals surface area contributed by atoms with Crippen LogP contribution in [0, 0.1) is 5.41 Å². The largest absolute Gasteiger partial charge is 0.346 e. The SMILES string of the molecule is CCN1CC2(CC1C(C)(C)C)OCCO2. The molecular formula is C12H23NO2. The third-order valence-corrected chi connectivity index (χ3v) is 3.61. The highest BCUT2D eigenvalue weighted by Gasteiger charge is 2.50. The van der Waals surface area contributed by atoms with Crippen molar-refractivity contribution in [3.05, 3.63) is 0 Å². The van der Waals surface area contributed by atoms with Crippen LogP contribution in [0.5, 0.6) is 0 Å². The van der Waals surface area contributed by atoms with Gasteiger partial charge in [-0.2, -0.15) is 0 Å². The van der Waals surface area contributed by atoms with Gasteiger partial charge in [-0.1, -0.05) is 27.7 Å². The van der Waals surface area contributed by atoms with E-state index in [1.165, 1.54) is 0 Å². The summed E-state index contributed by atoms with van der Waals surface area (Å²) in [6.45, 7) is 12.6. The smallest absolute Gasteiger partial charge is 0.182 e. The minimum atomic E-state index is -0.284. The lowest BCUT2D eigenvalue weighted by Crippen LogP contribution is -2.39. The lowest BCUT2D eigenvalue weighted by atomic mass is 9.84. The van der Waals surface area contributed by atoms with Crippen LogP contribution in [-0.4, -0.2) is 43.0 Å². The summed E-state index contributed by atoms with van der Waals surface area (Å²) < 4.78 is 11.6. The molecule has 0 aromatic rings. The molecule has 1 spiro atoms. The molecule has 2 rings (SSSR count). The summed E-state index contributed by atoms with van der Waals surface area (Å²) in [7, 11) is 0. The van der Waals surface area contributed by atoms with Gasteiger partial charge >= 0.3 is 0 Å². The fraction of sp³-hybridized carbons (Fsp3) is 1.00. The molecule has 1 unspecified atom stereocenters. The first-order valence-electron chi connectivity index (χ1n) is 5.99. The number of rotatable bonds is 1. The monoisotopic (exact) mass is 213 g/mol. The molecule has 0 N–H and O–H groups in total. The van der Waals surface area contributed by atoms with Gasteiger partial charge in [0, 0.05) is 12.5 Å². The zero-order chi connectivity index (χ0) is 11.1. The zero-order valence-corrected chi connectivity index (χ0v) is 10.4. The molecule has 0 aliphatic carbocycles. The third kappa shape index (κ3) is 2.05. The number of hydrogen-bond acceptors (Lipinski definition) is 3. The van der Waals surface area contributed by atoms with E-state index in [9.17, 15) is 0 Å². The molecule has 1 atom stereocenters. The topological polar surface area (TPSA) is 21.7 Å². The van der Waals surface area contributed by atoms with Gasteiger partial charge in [-0.25, -0.2) is 0 Å². The molecule has 3 nitrogen and oxygen atoms in total. The molecule has 0 aromatic carbocycles. The van der Waals surface area contributed by atoms with Gasteiger partial charge in [-0.05, 0) is 12.0 Å². The Labute approximate surface area is 92.7 Å². The minimum Gasteiger partial charge on any atom is -0.346 e. The van der Waals surface area contributed by atoms with Crippen molar-refractivity contribution in [1.29, 1.82) is 0 Å². The first kappa shape index (κ1) is 11.4. The Balaban J connectivity index is 2.13. The summed E-state index contributed by atoms with van der Waals surface area (Å²) >= 11 is 0. The average molecular weight is 213 g/mol. The van der Waals surface area contributed by atoms with Crippen molar-refractivity contribution in [2.45, 2.75) is 45.9 Å². The number of hydrogen-bond donors (Lipinski definition) is 0. The van der Waals surface area contributed by atoms with Crippen LogP contribution in [-0.2, 0) is 9.47 Å². The van der Waals surface area contributed by atoms with Crippen LogP contribution < -0.4 is 0 Å². The van der Waals surface area contributed by atoms with Gasteiger partial charge in [0.1, 0.15) is 0 Å². The van der Waals surface area contributed by atoms with Gasteiger partial charge in [-0.15, -0.1) is 0 Å². The van der Waals surface area contributed by atoms with E-state index in [1.807, 2.05) is 0 Å². The maximum atomic E-state index is 5.80. The predicted octanol–water partition coefficient (Wildman–Crippen LogP) is 1.87. The molecule has 0 amide bonds. The lowest BCUT2D eigenvalue weighted by molar-refractivity contribution is -0.146. The molecule has 3 heteroatoms. The van der Waals surface area contributed by atoms with Crippen LogP contribution in [0.1, 0.15) is 34.1 Å². The Morgan fingerprint density at radius 1 is 1.27 bits per heavy atom. The van der Waals surface area contributed by atoms with Crippen molar-refractivity contribution in [1.82, 2.24) is 4.90 Å². The number of likely N-dealkylation sites (N-methyl/N-ethyl adjacent to an activating group) is 1. The molecule has 88 valence electrons. The van der Waals surface area contributed by atoms with Crippen LogP contribution in [0.3, 0.4) is 0 Å². The Morgan fingerprint density at radius 3 is 2.27 bits per heavy atom. The highest BCUT2D eigenvalue weighted by Crippen LogP contribution is 2.41. The summed E-state index contributed by atoms with van der Waals surface area (Å²) in [4.78, 5) is 2.49. The van der Waals surface area contributed by atoms with Gasteiger partial charge in [0.05, 0.1) is 19.8 Å². The summed E-state index contributed by atoms with van der Waals surface area (Å²) in [6, 6.07) is 0.570. The summed E-state index contributed by atoms with van der Waals surface area (Å²) in [5.74, 6) is -0.284. The van der Waals surface area contributed by atoms with Crippen molar-refractivity contribution >= 4 is 0 Å². The fourth-order valence-corrected chi connectivity index (χ4v) is 2.80. The van der Waals surface area contributed by atoms with Gasteiger partial charge < -0.3 is 9.47 Å². The van der Waals surface area contributed by atoms with Crippen LogP contribution in [0.4, 0.5) is 0 Å². The third-order valence-electron chi connectivity index (χ3n) is 3.61. The van der Waals surface area contributed by atoms with Crippen LogP contribution >= 0.6 is 0 Å². The van der Waals surface area contributed by atoms with Crippen molar-refractivity contribution < 1.29 is 9.47 Å². The van der Waals surface area contributed by atoms with E-state index in [0.717, 1.165) is 32.7 Å². The Bertz CT molecular complexity index is 228. The maximum Gasteiger partial charge on any atom is 0.182 e. The molecule has 0 aromatic heterocycles. The van der Waals surface area contributed by atoms with Crippen molar-refractivity contribution in [2.24, 2.45) is 5.41 Å². The fourth-order valence-electron chi connectivity index (χ4n) is 2.80. The molecule has 2 fully saturated rings. The number of nitrogens with zero attached hydrogens (tertiary/aromatic N) is 1. The van der Waals surface area contributed by atoms with Gasteiger partial charge in [0.2, 0.25) is 0 Å². The predicted molar refractivity (Wildman–Crippen MR) is 59.7 cm³/mol. The molecule has 2 heterocycles. The van der Waals surface area contributed by atoms with Gasteiger partial charge in [0.15, 0.2) is 5.79 Å². The summed E-state index contributed by atoms with van der Waals surface area (Å²) in [6.07, 6.45) is 1.02. The molecule has 0 radical (unpaired) electrons. The van der Waals surface area contributed by atoms with E-state index < -0.39 is 0 Å². The van der Waals surface area contributed by atoms with E-state index >= 15 is 0 Å². The van der Waals surface area contributed by atoms with Crippen molar-refractivity contribution in [3.8, 4) is 0 Å². The molecule has 2 aliphatic heterocycles. The zero-order valence-electron chi connectivity index (χ0n) is 10.4. The van der Waals surface area contributed by atoms with Crippen LogP contribution in [0.15, 0.2) is 0 Å². The maximum absolute atomic E-state index is 5.80. The molecule has 0 bridgehead atoms. The van der Waals surface area contributed by atoms with Crippen LogP contribution in [0.2, 0.25) is 0 Å². The normalized spacial score (nSPS) is 31.6. The standard InChI is InChI=1S/C12H23NO2/c1-5-13-9-12(14-6-7-15-12)8-10(13)11(2,3)4/h10H,5-9H2,1-4H3. The first-order valence-corrected chi connectivity index (χ1v) is 5.99. The Hall–Kier alpha value is -0.120. The second kappa shape index (κ2) is 3.72. The first-order chi connectivity index (χ1) is 6.97.